The van der Waals surface area contributed by atoms with Crippen molar-refractivity contribution in [1.82, 2.24) is 0 Å². The van der Waals surface area contributed by atoms with Crippen LogP contribution in [0.4, 0.5) is 0 Å². The van der Waals surface area contributed by atoms with Gasteiger partial charge in [-0.25, -0.2) is 0 Å². The van der Waals surface area contributed by atoms with Gasteiger partial charge in [0.1, 0.15) is 0 Å². The minimum atomic E-state index is 0.843. The lowest BCUT2D eigenvalue weighted by atomic mass is 10.2. The Kier molecular flexibility index (Phi) is 7.44. The molecule has 0 unspecified atom stereocenters. The van der Waals surface area contributed by atoms with E-state index >= 15 is 0 Å². The van der Waals surface area contributed by atoms with E-state index < -0.39 is 0 Å². The molecule has 0 aliphatic carbocycles. The Hall–Kier alpha value is -0.300. The lowest BCUT2D eigenvalue weighted by Gasteiger charge is -1.92. The number of hydrogen-bond donors (Lipinski definition) is 1. The zero-order valence-corrected chi connectivity index (χ0v) is 6.27. The van der Waals surface area contributed by atoms with Crippen LogP contribution in [0.1, 0.15) is 32.6 Å². The fourth-order valence-corrected chi connectivity index (χ4v) is 0.750. The van der Waals surface area contributed by atoms with Crippen molar-refractivity contribution in [2.24, 2.45) is 5.73 Å². The summed E-state index contributed by atoms with van der Waals surface area (Å²) in [5.41, 5.74) is 5.33. The molecular weight excluding hydrogens is 110 g/mol. The van der Waals surface area contributed by atoms with E-state index in [0.29, 0.717) is 0 Å². The van der Waals surface area contributed by atoms with Crippen molar-refractivity contribution in [3.05, 3.63) is 12.2 Å². The second kappa shape index (κ2) is 7.70. The predicted octanol–water partition coefficient (Wildman–Crippen LogP) is 2.08. The molecule has 0 atom stereocenters. The third-order valence-electron chi connectivity index (χ3n) is 1.31. The van der Waals surface area contributed by atoms with Gasteiger partial charge < -0.3 is 5.73 Å². The van der Waals surface area contributed by atoms with Crippen molar-refractivity contribution in [3.8, 4) is 0 Å². The van der Waals surface area contributed by atoms with Crippen LogP contribution < -0.4 is 5.73 Å². The molecular formula is C8H17N. The number of hydrogen-bond acceptors (Lipinski definition) is 1. The van der Waals surface area contributed by atoms with Gasteiger partial charge in [0.05, 0.1) is 0 Å². The molecule has 0 aromatic rings. The van der Waals surface area contributed by atoms with Gasteiger partial charge in [0.2, 0.25) is 0 Å². The minimum Gasteiger partial charge on any atom is -0.330 e. The monoisotopic (exact) mass is 127 g/mol. The van der Waals surface area contributed by atoms with Gasteiger partial charge in [-0.15, -0.1) is 0 Å². The molecule has 0 aromatic carbocycles. The molecule has 9 heavy (non-hydrogen) atoms. The fraction of sp³-hybridized carbons (Fsp3) is 0.750. The Morgan fingerprint density at radius 1 is 1.22 bits per heavy atom. The van der Waals surface area contributed by atoms with E-state index in [-0.39, 0.29) is 0 Å². The molecule has 0 radical (unpaired) electrons. The number of rotatable bonds is 5. The Balaban J connectivity index is 2.75. The average molecular weight is 127 g/mol. The molecule has 0 rings (SSSR count). The maximum Gasteiger partial charge on any atom is -0.00773 e. The molecule has 54 valence electrons. The molecule has 0 heterocycles. The standard InChI is InChI=1S/C8H17N/c1-2-3-4-5-6-7-8-9/h2-3H,4-9H2,1H3. The Morgan fingerprint density at radius 3 is 2.56 bits per heavy atom. The molecule has 0 saturated heterocycles. The quantitative estimate of drug-likeness (QED) is 0.444. The van der Waals surface area contributed by atoms with E-state index in [0.717, 1.165) is 6.54 Å². The maximum absolute atomic E-state index is 5.33. The highest BCUT2D eigenvalue weighted by molar-refractivity contribution is 4.76. The molecule has 0 aromatic heterocycles. The summed E-state index contributed by atoms with van der Waals surface area (Å²) < 4.78 is 0. The van der Waals surface area contributed by atoms with Gasteiger partial charge in [0, 0.05) is 0 Å². The average Bonchev–Trinajstić information content (AvgIpc) is 1.89. The van der Waals surface area contributed by atoms with Crippen molar-refractivity contribution in [2.75, 3.05) is 6.54 Å². The van der Waals surface area contributed by atoms with Crippen LogP contribution in [0, 0.1) is 0 Å². The van der Waals surface area contributed by atoms with Crippen molar-refractivity contribution in [1.29, 1.82) is 0 Å². The first-order valence-corrected chi connectivity index (χ1v) is 3.73. The zero-order valence-electron chi connectivity index (χ0n) is 6.27. The summed E-state index contributed by atoms with van der Waals surface area (Å²) in [7, 11) is 0. The summed E-state index contributed by atoms with van der Waals surface area (Å²) in [4.78, 5) is 0. The molecule has 0 bridgehead atoms. The van der Waals surface area contributed by atoms with Gasteiger partial charge >= 0.3 is 0 Å². The number of allylic oxidation sites excluding steroid dienone is 2. The minimum absolute atomic E-state index is 0.843. The molecule has 0 aliphatic heterocycles. The van der Waals surface area contributed by atoms with E-state index in [9.17, 15) is 0 Å². The van der Waals surface area contributed by atoms with Crippen LogP contribution in [0.15, 0.2) is 12.2 Å². The van der Waals surface area contributed by atoms with Crippen molar-refractivity contribution in [2.45, 2.75) is 32.6 Å². The highest BCUT2D eigenvalue weighted by atomic mass is 14.5. The van der Waals surface area contributed by atoms with Crippen LogP contribution in [-0.4, -0.2) is 6.54 Å². The Morgan fingerprint density at radius 2 is 2.00 bits per heavy atom. The summed E-state index contributed by atoms with van der Waals surface area (Å²) >= 11 is 0. The van der Waals surface area contributed by atoms with E-state index in [1.807, 2.05) is 0 Å². The normalized spacial score (nSPS) is 10.9. The summed E-state index contributed by atoms with van der Waals surface area (Å²) in [6, 6.07) is 0. The first kappa shape index (κ1) is 8.70. The highest BCUT2D eigenvalue weighted by Gasteiger charge is 1.82. The first-order valence-electron chi connectivity index (χ1n) is 3.73. The second-order valence-corrected chi connectivity index (χ2v) is 2.21. The summed E-state index contributed by atoms with van der Waals surface area (Å²) in [6.07, 6.45) is 9.27. The summed E-state index contributed by atoms with van der Waals surface area (Å²) in [5, 5.41) is 0. The van der Waals surface area contributed by atoms with E-state index in [1.54, 1.807) is 0 Å². The fourth-order valence-electron chi connectivity index (χ4n) is 0.750. The maximum atomic E-state index is 5.33. The molecule has 0 amide bonds. The summed E-state index contributed by atoms with van der Waals surface area (Å²) in [6.45, 7) is 2.90. The van der Waals surface area contributed by atoms with E-state index in [4.69, 9.17) is 5.73 Å². The van der Waals surface area contributed by atoms with Crippen LogP contribution >= 0.6 is 0 Å². The SMILES string of the molecule is CC=CCCCCCN. The first-order chi connectivity index (χ1) is 4.41. The van der Waals surface area contributed by atoms with Crippen molar-refractivity contribution in [3.63, 3.8) is 0 Å². The number of nitrogens with two attached hydrogens (primary N) is 1. The van der Waals surface area contributed by atoms with Gasteiger partial charge in [-0.1, -0.05) is 18.6 Å². The highest BCUT2D eigenvalue weighted by Crippen LogP contribution is 1.98. The van der Waals surface area contributed by atoms with Gasteiger partial charge in [-0.05, 0) is 32.7 Å². The van der Waals surface area contributed by atoms with E-state index in [1.165, 1.54) is 25.7 Å². The second-order valence-electron chi connectivity index (χ2n) is 2.21. The molecule has 1 nitrogen and oxygen atoms in total. The topological polar surface area (TPSA) is 26.0 Å². The zero-order chi connectivity index (χ0) is 6.95. The van der Waals surface area contributed by atoms with E-state index in [2.05, 4.69) is 19.1 Å². The molecule has 0 spiro atoms. The molecule has 2 N–H and O–H groups in total. The molecule has 1 heteroatoms. The van der Waals surface area contributed by atoms with Crippen molar-refractivity contribution < 1.29 is 0 Å². The largest absolute Gasteiger partial charge is 0.330 e. The summed E-state index contributed by atoms with van der Waals surface area (Å²) in [5.74, 6) is 0. The van der Waals surface area contributed by atoms with Crippen LogP contribution in [0.3, 0.4) is 0 Å². The van der Waals surface area contributed by atoms with Gasteiger partial charge in [0.15, 0.2) is 0 Å². The predicted molar refractivity (Wildman–Crippen MR) is 42.3 cm³/mol. The Bertz CT molecular complexity index is 67.0. The lowest BCUT2D eigenvalue weighted by molar-refractivity contribution is 0.695. The smallest absolute Gasteiger partial charge is 0.00773 e. The van der Waals surface area contributed by atoms with Gasteiger partial charge in [-0.3, -0.25) is 0 Å². The van der Waals surface area contributed by atoms with Crippen molar-refractivity contribution >= 4 is 0 Å². The third kappa shape index (κ3) is 7.70. The van der Waals surface area contributed by atoms with Crippen LogP contribution in [0.25, 0.3) is 0 Å². The van der Waals surface area contributed by atoms with Gasteiger partial charge in [0.25, 0.3) is 0 Å². The number of unbranched alkanes of at least 4 members (excludes halogenated alkanes) is 3. The van der Waals surface area contributed by atoms with Gasteiger partial charge in [-0.2, -0.15) is 0 Å². The van der Waals surface area contributed by atoms with Crippen LogP contribution in [0.2, 0.25) is 0 Å². The van der Waals surface area contributed by atoms with Crippen LogP contribution in [0.5, 0.6) is 0 Å². The molecule has 0 aliphatic rings. The Labute approximate surface area is 57.9 Å². The van der Waals surface area contributed by atoms with Crippen LogP contribution in [-0.2, 0) is 0 Å². The molecule has 0 fully saturated rings. The molecule has 0 saturated carbocycles. The third-order valence-corrected chi connectivity index (χ3v) is 1.31. The lowest BCUT2D eigenvalue weighted by Crippen LogP contribution is -1.97.